The molecule has 1 rings (SSSR count). The topological polar surface area (TPSA) is 57.2 Å². The van der Waals surface area contributed by atoms with Crippen LogP contribution in [-0.4, -0.2) is 52.4 Å². The fourth-order valence-corrected chi connectivity index (χ4v) is 1.64. The van der Waals surface area contributed by atoms with E-state index in [0.717, 1.165) is 17.7 Å². The second-order valence-electron chi connectivity index (χ2n) is 4.32. The molecule has 0 saturated carbocycles. The Kier molecular flexibility index (Phi) is 8.98. The number of aliphatic hydroxyl groups excluding tert-OH is 1. The maximum absolute atomic E-state index is 9.93. The van der Waals surface area contributed by atoms with Gasteiger partial charge in [0.25, 0.3) is 0 Å². The molecule has 0 saturated heterocycles. The van der Waals surface area contributed by atoms with Crippen LogP contribution in [0.5, 0.6) is 5.75 Å². The summed E-state index contributed by atoms with van der Waals surface area (Å²) in [5, 5.41) is 9.93. The first-order chi connectivity index (χ1) is 9.77. The minimum atomic E-state index is -0.630. The summed E-state index contributed by atoms with van der Waals surface area (Å²) >= 11 is 0. The Balaban J connectivity index is 2.08. The first kappa shape index (κ1) is 16.9. The minimum absolute atomic E-state index is 0.258. The molecule has 0 radical (unpaired) electrons. The summed E-state index contributed by atoms with van der Waals surface area (Å²) in [5.41, 5.74) is 0.812. The van der Waals surface area contributed by atoms with Crippen LogP contribution in [0.1, 0.15) is 18.1 Å². The van der Waals surface area contributed by atoms with Gasteiger partial charge < -0.3 is 24.1 Å². The maximum atomic E-state index is 9.93. The number of benzene rings is 1. The smallest absolute Gasteiger partial charge is 0.118 e. The van der Waals surface area contributed by atoms with Crippen LogP contribution in [0.25, 0.3) is 0 Å². The number of rotatable bonds is 11. The Morgan fingerprint density at radius 1 is 0.950 bits per heavy atom. The molecule has 0 aliphatic carbocycles. The zero-order valence-corrected chi connectivity index (χ0v) is 12.2. The standard InChI is InChI=1S/C15H24O5/c1-17-8-3-9-19-10-11-20-12-15(16)13-4-6-14(18-2)7-5-13/h4-7,15-16H,3,8-12H2,1-2H3. The SMILES string of the molecule is COCCCOCCOCC(O)c1ccc(OC)cc1. The van der Waals surface area contributed by atoms with E-state index in [0.29, 0.717) is 26.4 Å². The van der Waals surface area contributed by atoms with E-state index in [-0.39, 0.29) is 6.61 Å². The predicted octanol–water partition coefficient (Wildman–Crippen LogP) is 1.80. The zero-order chi connectivity index (χ0) is 14.6. The molecular weight excluding hydrogens is 260 g/mol. The number of hydrogen-bond donors (Lipinski definition) is 1. The lowest BCUT2D eigenvalue weighted by Gasteiger charge is -2.12. The molecule has 5 nitrogen and oxygen atoms in total. The van der Waals surface area contributed by atoms with Crippen molar-refractivity contribution in [2.75, 3.05) is 47.3 Å². The van der Waals surface area contributed by atoms with Gasteiger partial charge in [-0.05, 0) is 24.1 Å². The third kappa shape index (κ3) is 6.86. The van der Waals surface area contributed by atoms with E-state index < -0.39 is 6.10 Å². The lowest BCUT2D eigenvalue weighted by Crippen LogP contribution is -2.12. The molecule has 1 N–H and O–H groups in total. The predicted molar refractivity (Wildman–Crippen MR) is 76.1 cm³/mol. The largest absolute Gasteiger partial charge is 0.497 e. The first-order valence-electron chi connectivity index (χ1n) is 6.74. The second-order valence-corrected chi connectivity index (χ2v) is 4.32. The summed E-state index contributed by atoms with van der Waals surface area (Å²) in [6.45, 7) is 2.63. The molecule has 0 bridgehead atoms. The molecule has 0 aliphatic heterocycles. The van der Waals surface area contributed by atoms with Crippen molar-refractivity contribution >= 4 is 0 Å². The molecule has 0 aliphatic rings. The van der Waals surface area contributed by atoms with E-state index in [1.165, 1.54) is 0 Å². The molecule has 1 unspecified atom stereocenters. The Bertz CT molecular complexity index is 339. The highest BCUT2D eigenvalue weighted by atomic mass is 16.5. The van der Waals surface area contributed by atoms with Gasteiger partial charge in [0, 0.05) is 20.3 Å². The van der Waals surface area contributed by atoms with E-state index in [9.17, 15) is 5.11 Å². The van der Waals surface area contributed by atoms with Crippen molar-refractivity contribution in [2.45, 2.75) is 12.5 Å². The van der Waals surface area contributed by atoms with Crippen molar-refractivity contribution in [1.82, 2.24) is 0 Å². The normalized spacial score (nSPS) is 12.3. The lowest BCUT2D eigenvalue weighted by molar-refractivity contribution is 0.000492. The molecule has 0 fully saturated rings. The van der Waals surface area contributed by atoms with Crippen LogP contribution in [0.15, 0.2) is 24.3 Å². The third-order valence-electron chi connectivity index (χ3n) is 2.79. The molecule has 114 valence electrons. The molecule has 5 heteroatoms. The van der Waals surface area contributed by atoms with Crippen LogP contribution in [0.3, 0.4) is 0 Å². The minimum Gasteiger partial charge on any atom is -0.497 e. The van der Waals surface area contributed by atoms with E-state index in [2.05, 4.69) is 0 Å². The highest BCUT2D eigenvalue weighted by Gasteiger charge is 2.07. The summed E-state index contributed by atoms with van der Waals surface area (Å²) < 4.78 is 20.7. The van der Waals surface area contributed by atoms with E-state index in [1.807, 2.05) is 24.3 Å². The number of aliphatic hydroxyl groups is 1. The number of ether oxygens (including phenoxy) is 4. The summed E-state index contributed by atoms with van der Waals surface area (Å²) in [4.78, 5) is 0. The zero-order valence-electron chi connectivity index (χ0n) is 12.2. The average molecular weight is 284 g/mol. The van der Waals surface area contributed by atoms with Crippen molar-refractivity contribution in [3.63, 3.8) is 0 Å². The second kappa shape index (κ2) is 10.6. The lowest BCUT2D eigenvalue weighted by atomic mass is 10.1. The molecule has 1 atom stereocenters. The van der Waals surface area contributed by atoms with Gasteiger partial charge >= 0.3 is 0 Å². The van der Waals surface area contributed by atoms with Gasteiger partial charge in [0.15, 0.2) is 0 Å². The Morgan fingerprint density at radius 3 is 2.30 bits per heavy atom. The molecule has 0 spiro atoms. The van der Waals surface area contributed by atoms with Gasteiger partial charge in [0.05, 0.1) is 26.9 Å². The highest BCUT2D eigenvalue weighted by molar-refractivity contribution is 5.28. The van der Waals surface area contributed by atoms with Crippen LogP contribution >= 0.6 is 0 Å². The van der Waals surface area contributed by atoms with Gasteiger partial charge in [-0.25, -0.2) is 0 Å². The quantitative estimate of drug-likeness (QED) is 0.628. The monoisotopic (exact) mass is 284 g/mol. The van der Waals surface area contributed by atoms with E-state index in [1.54, 1.807) is 14.2 Å². The fraction of sp³-hybridized carbons (Fsp3) is 0.600. The molecular formula is C15H24O5. The van der Waals surface area contributed by atoms with Gasteiger partial charge in [-0.15, -0.1) is 0 Å². The Labute approximate surface area is 120 Å². The van der Waals surface area contributed by atoms with Gasteiger partial charge in [-0.1, -0.05) is 12.1 Å². The van der Waals surface area contributed by atoms with Gasteiger partial charge in [-0.3, -0.25) is 0 Å². The average Bonchev–Trinajstić information content (AvgIpc) is 2.50. The first-order valence-corrected chi connectivity index (χ1v) is 6.74. The summed E-state index contributed by atoms with van der Waals surface area (Å²) in [6.07, 6.45) is 0.250. The van der Waals surface area contributed by atoms with Crippen LogP contribution in [0.4, 0.5) is 0 Å². The van der Waals surface area contributed by atoms with Crippen molar-refractivity contribution in [2.24, 2.45) is 0 Å². The van der Waals surface area contributed by atoms with Gasteiger partial charge in [0.1, 0.15) is 11.9 Å². The number of hydrogen-bond acceptors (Lipinski definition) is 5. The molecule has 0 heterocycles. The summed E-state index contributed by atoms with van der Waals surface area (Å²) in [6, 6.07) is 7.29. The van der Waals surface area contributed by atoms with Crippen molar-refractivity contribution in [3.05, 3.63) is 29.8 Å². The maximum Gasteiger partial charge on any atom is 0.118 e. The van der Waals surface area contributed by atoms with E-state index >= 15 is 0 Å². The summed E-state index contributed by atoms with van der Waals surface area (Å²) in [5.74, 6) is 0.770. The van der Waals surface area contributed by atoms with Crippen LogP contribution in [0, 0.1) is 0 Å². The van der Waals surface area contributed by atoms with Crippen molar-refractivity contribution in [1.29, 1.82) is 0 Å². The fourth-order valence-electron chi connectivity index (χ4n) is 1.64. The molecule has 1 aromatic carbocycles. The molecule has 0 amide bonds. The summed E-state index contributed by atoms with van der Waals surface area (Å²) in [7, 11) is 3.28. The van der Waals surface area contributed by atoms with E-state index in [4.69, 9.17) is 18.9 Å². The number of methoxy groups -OCH3 is 2. The van der Waals surface area contributed by atoms with Crippen LogP contribution in [-0.2, 0) is 14.2 Å². The van der Waals surface area contributed by atoms with Gasteiger partial charge in [-0.2, -0.15) is 0 Å². The van der Waals surface area contributed by atoms with Gasteiger partial charge in [0.2, 0.25) is 0 Å². The molecule has 20 heavy (non-hydrogen) atoms. The Morgan fingerprint density at radius 2 is 1.65 bits per heavy atom. The highest BCUT2D eigenvalue weighted by Crippen LogP contribution is 2.17. The van der Waals surface area contributed by atoms with Crippen LogP contribution in [0.2, 0.25) is 0 Å². The third-order valence-corrected chi connectivity index (χ3v) is 2.79. The Hall–Kier alpha value is -1.14. The van der Waals surface area contributed by atoms with Crippen molar-refractivity contribution < 1.29 is 24.1 Å². The van der Waals surface area contributed by atoms with Crippen molar-refractivity contribution in [3.8, 4) is 5.75 Å². The van der Waals surface area contributed by atoms with Crippen LogP contribution < -0.4 is 4.74 Å². The molecule has 0 aromatic heterocycles. The molecule has 1 aromatic rings.